The van der Waals surface area contributed by atoms with E-state index < -0.39 is 0 Å². The molecule has 0 aliphatic carbocycles. The fraction of sp³-hybridized carbons (Fsp3) is 0.286. The number of nitrogens with zero attached hydrogens (tertiary/aromatic N) is 2. The highest BCUT2D eigenvalue weighted by atomic mass is 35.5. The molecule has 0 saturated heterocycles. The van der Waals surface area contributed by atoms with Gasteiger partial charge >= 0.3 is 0 Å². The van der Waals surface area contributed by atoms with E-state index in [4.69, 9.17) is 5.73 Å². The summed E-state index contributed by atoms with van der Waals surface area (Å²) in [5.74, 6) is 0.534. The summed E-state index contributed by atoms with van der Waals surface area (Å²) in [6.45, 7) is 2.92. The third kappa shape index (κ3) is 3.99. The minimum absolute atomic E-state index is 0. The van der Waals surface area contributed by atoms with Crippen LogP contribution in [-0.2, 0) is 6.54 Å². The number of hydrogen-bond donors (Lipinski definition) is 2. The zero-order valence-corrected chi connectivity index (χ0v) is 12.2. The molecule has 20 heavy (non-hydrogen) atoms. The lowest BCUT2D eigenvalue weighted by molar-refractivity contribution is 0.102. The number of nitrogens with two attached hydrogens (primary N) is 1. The van der Waals surface area contributed by atoms with Crippen LogP contribution < -0.4 is 11.1 Å². The fourth-order valence-corrected chi connectivity index (χ4v) is 1.79. The third-order valence-electron chi connectivity index (χ3n) is 2.83. The Kier molecular flexibility index (Phi) is 6.06. The molecule has 0 aliphatic rings. The standard InChI is InChI=1S/C14H18N4O.ClH/c1-2-3-9-18-13(7-8-16-18)17-14(19)11-5-4-6-12(15)10-11;/h4-8,10H,2-3,9,15H2,1H3,(H,17,19);1H. The molecule has 1 amide bonds. The van der Waals surface area contributed by atoms with E-state index >= 15 is 0 Å². The molecule has 2 rings (SSSR count). The monoisotopic (exact) mass is 294 g/mol. The van der Waals surface area contributed by atoms with Gasteiger partial charge in [0, 0.05) is 23.9 Å². The van der Waals surface area contributed by atoms with Gasteiger partial charge in [-0.05, 0) is 24.6 Å². The summed E-state index contributed by atoms with van der Waals surface area (Å²) >= 11 is 0. The molecule has 6 heteroatoms. The molecule has 5 nitrogen and oxygen atoms in total. The van der Waals surface area contributed by atoms with Crippen molar-refractivity contribution in [1.82, 2.24) is 9.78 Å². The Balaban J connectivity index is 0.00000200. The van der Waals surface area contributed by atoms with Crippen LogP contribution in [0.3, 0.4) is 0 Å². The largest absolute Gasteiger partial charge is 0.399 e. The molecule has 0 bridgehead atoms. The van der Waals surface area contributed by atoms with Gasteiger partial charge in [0.25, 0.3) is 5.91 Å². The molecule has 0 spiro atoms. The van der Waals surface area contributed by atoms with Crippen molar-refractivity contribution in [1.29, 1.82) is 0 Å². The Labute approximate surface area is 124 Å². The zero-order chi connectivity index (χ0) is 13.7. The van der Waals surface area contributed by atoms with E-state index in [1.807, 2.05) is 0 Å². The van der Waals surface area contributed by atoms with Crippen molar-refractivity contribution in [2.45, 2.75) is 26.3 Å². The topological polar surface area (TPSA) is 72.9 Å². The van der Waals surface area contributed by atoms with Crippen molar-refractivity contribution in [3.8, 4) is 0 Å². The second-order valence-electron chi connectivity index (χ2n) is 4.37. The molecule has 2 aromatic rings. The third-order valence-corrected chi connectivity index (χ3v) is 2.83. The molecule has 0 atom stereocenters. The van der Waals surface area contributed by atoms with Gasteiger partial charge < -0.3 is 11.1 Å². The fourth-order valence-electron chi connectivity index (χ4n) is 1.79. The first-order valence-corrected chi connectivity index (χ1v) is 6.39. The second kappa shape index (κ2) is 7.55. The van der Waals surface area contributed by atoms with E-state index in [0.717, 1.165) is 19.4 Å². The van der Waals surface area contributed by atoms with Crippen molar-refractivity contribution >= 4 is 29.8 Å². The number of unbranched alkanes of at least 4 members (excludes halogenated alkanes) is 1. The maximum absolute atomic E-state index is 12.1. The highest BCUT2D eigenvalue weighted by Crippen LogP contribution is 2.12. The molecule has 0 fully saturated rings. The van der Waals surface area contributed by atoms with E-state index in [1.165, 1.54) is 0 Å². The lowest BCUT2D eigenvalue weighted by atomic mass is 10.2. The number of nitrogen functional groups attached to an aromatic ring is 1. The number of carbonyl (C=O) groups is 1. The van der Waals surface area contributed by atoms with Gasteiger partial charge in [0.15, 0.2) is 0 Å². The predicted molar refractivity (Wildman–Crippen MR) is 83.2 cm³/mol. The molecule has 0 radical (unpaired) electrons. The number of carbonyl (C=O) groups excluding carboxylic acids is 1. The van der Waals surface area contributed by atoms with E-state index in [1.54, 1.807) is 41.2 Å². The number of benzene rings is 1. The summed E-state index contributed by atoms with van der Waals surface area (Å²) in [7, 11) is 0. The number of aromatic nitrogens is 2. The van der Waals surface area contributed by atoms with Gasteiger partial charge in [-0.3, -0.25) is 4.79 Å². The number of rotatable bonds is 5. The number of nitrogens with one attached hydrogen (secondary N) is 1. The van der Waals surface area contributed by atoms with Crippen LogP contribution in [-0.4, -0.2) is 15.7 Å². The Morgan fingerprint density at radius 2 is 2.20 bits per heavy atom. The molecule has 108 valence electrons. The van der Waals surface area contributed by atoms with Crippen LogP contribution in [0.15, 0.2) is 36.5 Å². The van der Waals surface area contributed by atoms with Gasteiger partial charge in [-0.25, -0.2) is 4.68 Å². The summed E-state index contributed by atoms with van der Waals surface area (Å²) < 4.78 is 1.80. The Morgan fingerprint density at radius 3 is 2.90 bits per heavy atom. The van der Waals surface area contributed by atoms with E-state index in [0.29, 0.717) is 17.1 Å². The maximum atomic E-state index is 12.1. The highest BCUT2D eigenvalue weighted by Gasteiger charge is 2.09. The zero-order valence-electron chi connectivity index (χ0n) is 11.4. The molecule has 0 unspecified atom stereocenters. The Hall–Kier alpha value is -2.01. The predicted octanol–water partition coefficient (Wildman–Crippen LogP) is 2.94. The van der Waals surface area contributed by atoms with Gasteiger partial charge in [0.2, 0.25) is 0 Å². The maximum Gasteiger partial charge on any atom is 0.256 e. The van der Waals surface area contributed by atoms with Crippen molar-refractivity contribution < 1.29 is 4.79 Å². The Morgan fingerprint density at radius 1 is 1.40 bits per heavy atom. The lowest BCUT2D eigenvalue weighted by Gasteiger charge is -2.08. The van der Waals surface area contributed by atoms with Crippen LogP contribution in [0.2, 0.25) is 0 Å². The van der Waals surface area contributed by atoms with Crippen LogP contribution in [0.4, 0.5) is 11.5 Å². The van der Waals surface area contributed by atoms with Crippen molar-refractivity contribution in [2.75, 3.05) is 11.1 Å². The molecule has 1 aromatic carbocycles. The molecular weight excluding hydrogens is 276 g/mol. The number of hydrogen-bond acceptors (Lipinski definition) is 3. The SMILES string of the molecule is CCCCn1nccc1NC(=O)c1cccc(N)c1.Cl. The number of amides is 1. The molecule has 3 N–H and O–H groups in total. The van der Waals surface area contributed by atoms with Crippen LogP contribution in [0.25, 0.3) is 0 Å². The van der Waals surface area contributed by atoms with Gasteiger partial charge in [-0.1, -0.05) is 19.4 Å². The summed E-state index contributed by atoms with van der Waals surface area (Å²) in [5, 5.41) is 7.04. The molecule has 1 aromatic heterocycles. The number of anilines is 2. The quantitative estimate of drug-likeness (QED) is 0.833. The van der Waals surface area contributed by atoms with Crippen molar-refractivity contribution in [3.63, 3.8) is 0 Å². The minimum Gasteiger partial charge on any atom is -0.399 e. The first-order valence-electron chi connectivity index (χ1n) is 6.39. The summed E-state index contributed by atoms with van der Waals surface area (Å²) in [6.07, 6.45) is 3.80. The van der Waals surface area contributed by atoms with Crippen molar-refractivity contribution in [2.24, 2.45) is 0 Å². The smallest absolute Gasteiger partial charge is 0.256 e. The number of halogens is 1. The van der Waals surface area contributed by atoms with Gasteiger partial charge in [-0.15, -0.1) is 12.4 Å². The summed E-state index contributed by atoms with van der Waals surface area (Å²) in [4.78, 5) is 12.1. The first-order chi connectivity index (χ1) is 9.20. The van der Waals surface area contributed by atoms with E-state index in [9.17, 15) is 4.79 Å². The summed E-state index contributed by atoms with van der Waals surface area (Å²) in [6, 6.07) is 8.70. The van der Waals surface area contributed by atoms with Crippen molar-refractivity contribution in [3.05, 3.63) is 42.1 Å². The average Bonchev–Trinajstić information content (AvgIpc) is 2.83. The first kappa shape index (κ1) is 16.0. The molecular formula is C14H19ClN4O. The molecule has 0 aliphatic heterocycles. The summed E-state index contributed by atoms with van der Waals surface area (Å²) in [5.41, 5.74) is 6.79. The molecule has 1 heterocycles. The number of aryl methyl sites for hydroxylation is 1. The van der Waals surface area contributed by atoms with Crippen LogP contribution in [0, 0.1) is 0 Å². The van der Waals surface area contributed by atoms with Gasteiger partial charge in [0.1, 0.15) is 5.82 Å². The van der Waals surface area contributed by atoms with Crippen LogP contribution >= 0.6 is 12.4 Å². The van der Waals surface area contributed by atoms with Crippen LogP contribution in [0.1, 0.15) is 30.1 Å². The van der Waals surface area contributed by atoms with E-state index in [2.05, 4.69) is 17.3 Å². The second-order valence-corrected chi connectivity index (χ2v) is 4.37. The average molecular weight is 295 g/mol. The minimum atomic E-state index is -0.175. The Bertz CT molecular complexity index is 568. The van der Waals surface area contributed by atoms with Crippen LogP contribution in [0.5, 0.6) is 0 Å². The normalized spacial score (nSPS) is 9.85. The lowest BCUT2D eigenvalue weighted by Crippen LogP contribution is -2.16. The molecule has 0 saturated carbocycles. The van der Waals surface area contributed by atoms with Gasteiger partial charge in [-0.2, -0.15) is 5.10 Å². The highest BCUT2D eigenvalue weighted by molar-refractivity contribution is 6.04. The van der Waals surface area contributed by atoms with E-state index in [-0.39, 0.29) is 18.3 Å². The van der Waals surface area contributed by atoms with Gasteiger partial charge in [0.05, 0.1) is 6.20 Å².